The average molecular weight is 225 g/mol. The van der Waals surface area contributed by atoms with Crippen molar-refractivity contribution in [3.05, 3.63) is 28.9 Å². The van der Waals surface area contributed by atoms with Crippen LogP contribution in [0.2, 0.25) is 5.02 Å². The van der Waals surface area contributed by atoms with Crippen molar-refractivity contribution >= 4 is 28.5 Å². The monoisotopic (exact) mass is 224 g/mol. The highest BCUT2D eigenvalue weighted by atomic mass is 35.5. The number of hydrogen-bond acceptors (Lipinski definition) is 4. The molecule has 0 unspecified atom stereocenters. The van der Waals surface area contributed by atoms with E-state index in [1.807, 2.05) is 0 Å². The Hall–Kier alpha value is -1.88. The van der Waals surface area contributed by atoms with Crippen molar-refractivity contribution in [2.24, 2.45) is 0 Å². The van der Waals surface area contributed by atoms with E-state index in [1.54, 1.807) is 12.1 Å². The summed E-state index contributed by atoms with van der Waals surface area (Å²) in [5.74, 6) is -1.34. The van der Waals surface area contributed by atoms with Gasteiger partial charge in [-0.3, -0.25) is 0 Å². The number of fused-ring (bicyclic) bond motifs is 1. The van der Waals surface area contributed by atoms with Gasteiger partial charge in [-0.1, -0.05) is 23.7 Å². The summed E-state index contributed by atoms with van der Waals surface area (Å²) in [5.41, 5.74) is -0.137. The minimum absolute atomic E-state index is 0.0246. The quantitative estimate of drug-likeness (QED) is 0.770. The lowest BCUT2D eigenvalue weighted by Gasteiger charge is -2.02. The topological polar surface area (TPSA) is 83.3 Å². The van der Waals surface area contributed by atoms with E-state index in [2.05, 4.69) is 10.2 Å². The SMILES string of the molecule is O=C(O)c1nnc2c(O)cccc2c1Cl. The summed E-state index contributed by atoms with van der Waals surface area (Å²) in [4.78, 5) is 10.7. The number of carboxylic acid groups (broad SMARTS) is 1. The molecule has 5 nitrogen and oxygen atoms in total. The zero-order valence-corrected chi connectivity index (χ0v) is 8.06. The van der Waals surface area contributed by atoms with Crippen LogP contribution in [0, 0.1) is 0 Å². The summed E-state index contributed by atoms with van der Waals surface area (Å²) in [6.07, 6.45) is 0. The number of phenols is 1. The van der Waals surface area contributed by atoms with Crippen LogP contribution in [0.4, 0.5) is 0 Å². The van der Waals surface area contributed by atoms with Crippen LogP contribution in [-0.4, -0.2) is 26.4 Å². The molecule has 1 aromatic heterocycles. The molecule has 0 radical (unpaired) electrons. The number of carbonyl (C=O) groups is 1. The van der Waals surface area contributed by atoms with E-state index in [1.165, 1.54) is 6.07 Å². The number of hydrogen-bond donors (Lipinski definition) is 2. The standard InChI is InChI=1S/C9H5ClN2O3/c10-6-4-2-1-3-5(13)7(4)11-12-8(6)9(14)15/h1-3,13H,(H,14,15). The Morgan fingerprint density at radius 2 is 2.07 bits per heavy atom. The molecule has 2 N–H and O–H groups in total. The summed E-state index contributed by atoms with van der Waals surface area (Å²) in [7, 11) is 0. The summed E-state index contributed by atoms with van der Waals surface area (Å²) >= 11 is 5.81. The van der Waals surface area contributed by atoms with Crippen molar-refractivity contribution in [3.8, 4) is 5.75 Å². The number of carboxylic acids is 1. The van der Waals surface area contributed by atoms with Crippen molar-refractivity contribution in [3.63, 3.8) is 0 Å². The van der Waals surface area contributed by atoms with E-state index >= 15 is 0 Å². The van der Waals surface area contributed by atoms with Crippen LogP contribution < -0.4 is 0 Å². The number of phenolic OH excluding ortho intramolecular Hbond substituents is 1. The van der Waals surface area contributed by atoms with Crippen molar-refractivity contribution in [1.82, 2.24) is 10.2 Å². The number of aromatic nitrogens is 2. The molecule has 76 valence electrons. The highest BCUT2D eigenvalue weighted by Crippen LogP contribution is 2.28. The van der Waals surface area contributed by atoms with Crippen LogP contribution in [0.5, 0.6) is 5.75 Å². The fraction of sp³-hybridized carbons (Fsp3) is 0. The molecule has 1 aromatic carbocycles. The van der Waals surface area contributed by atoms with Crippen LogP contribution in [0.1, 0.15) is 10.5 Å². The third-order valence-corrected chi connectivity index (χ3v) is 2.29. The summed E-state index contributed by atoms with van der Waals surface area (Å²) in [5, 5.41) is 25.5. The van der Waals surface area contributed by atoms with Crippen molar-refractivity contribution < 1.29 is 15.0 Å². The molecule has 0 fully saturated rings. The predicted octanol–water partition coefficient (Wildman–Crippen LogP) is 1.69. The van der Waals surface area contributed by atoms with E-state index in [-0.39, 0.29) is 22.0 Å². The van der Waals surface area contributed by atoms with Gasteiger partial charge in [0.2, 0.25) is 0 Å². The van der Waals surface area contributed by atoms with Crippen LogP contribution in [0.25, 0.3) is 10.9 Å². The summed E-state index contributed by atoms with van der Waals surface area (Å²) in [6, 6.07) is 4.54. The normalized spacial score (nSPS) is 10.5. The second kappa shape index (κ2) is 3.36. The fourth-order valence-corrected chi connectivity index (χ4v) is 1.49. The third kappa shape index (κ3) is 1.46. The van der Waals surface area contributed by atoms with Crippen molar-refractivity contribution in [1.29, 1.82) is 0 Å². The molecule has 2 aromatic rings. The number of halogens is 1. The van der Waals surface area contributed by atoms with Gasteiger partial charge in [-0.2, -0.15) is 0 Å². The first-order valence-electron chi connectivity index (χ1n) is 3.98. The van der Waals surface area contributed by atoms with E-state index in [0.717, 1.165) is 0 Å². The Balaban J connectivity index is 2.86. The molecule has 0 saturated heterocycles. The molecule has 2 rings (SSSR count). The Kier molecular flexibility index (Phi) is 2.17. The highest BCUT2D eigenvalue weighted by Gasteiger charge is 2.15. The fourth-order valence-electron chi connectivity index (χ4n) is 1.22. The maximum atomic E-state index is 10.7. The first-order valence-corrected chi connectivity index (χ1v) is 4.36. The minimum atomic E-state index is -1.25. The Morgan fingerprint density at radius 3 is 2.73 bits per heavy atom. The van der Waals surface area contributed by atoms with E-state index in [0.29, 0.717) is 5.39 Å². The van der Waals surface area contributed by atoms with Gasteiger partial charge in [0, 0.05) is 5.39 Å². The molecule has 0 aliphatic carbocycles. The lowest BCUT2D eigenvalue weighted by molar-refractivity contribution is 0.0689. The number of rotatable bonds is 1. The highest BCUT2D eigenvalue weighted by molar-refractivity contribution is 6.37. The molecular formula is C9H5ClN2O3. The molecular weight excluding hydrogens is 220 g/mol. The number of nitrogens with zero attached hydrogens (tertiary/aromatic N) is 2. The summed E-state index contributed by atoms with van der Waals surface area (Å²) < 4.78 is 0. The maximum absolute atomic E-state index is 10.7. The van der Waals surface area contributed by atoms with Crippen LogP contribution in [0.15, 0.2) is 18.2 Å². The largest absolute Gasteiger partial charge is 0.506 e. The van der Waals surface area contributed by atoms with E-state index in [9.17, 15) is 9.90 Å². The zero-order valence-electron chi connectivity index (χ0n) is 7.31. The third-order valence-electron chi connectivity index (χ3n) is 1.91. The molecule has 6 heteroatoms. The van der Waals surface area contributed by atoms with Gasteiger partial charge in [-0.15, -0.1) is 10.2 Å². The van der Waals surface area contributed by atoms with Crippen LogP contribution in [0.3, 0.4) is 0 Å². The van der Waals surface area contributed by atoms with Gasteiger partial charge >= 0.3 is 5.97 Å². The maximum Gasteiger partial charge on any atom is 0.358 e. The lowest BCUT2D eigenvalue weighted by Crippen LogP contribution is -2.03. The summed E-state index contributed by atoms with van der Waals surface area (Å²) in [6.45, 7) is 0. The van der Waals surface area contributed by atoms with Gasteiger partial charge in [0.15, 0.2) is 5.69 Å². The molecule has 0 atom stereocenters. The lowest BCUT2D eigenvalue weighted by atomic mass is 10.2. The van der Waals surface area contributed by atoms with Crippen molar-refractivity contribution in [2.75, 3.05) is 0 Å². The van der Waals surface area contributed by atoms with Crippen molar-refractivity contribution in [2.45, 2.75) is 0 Å². The van der Waals surface area contributed by atoms with Gasteiger partial charge in [-0.05, 0) is 6.07 Å². The molecule has 0 aliphatic rings. The van der Waals surface area contributed by atoms with Gasteiger partial charge in [0.1, 0.15) is 11.3 Å². The van der Waals surface area contributed by atoms with Crippen LogP contribution >= 0.6 is 11.6 Å². The molecule has 15 heavy (non-hydrogen) atoms. The average Bonchev–Trinajstić information content (AvgIpc) is 2.19. The van der Waals surface area contributed by atoms with E-state index in [4.69, 9.17) is 16.7 Å². The van der Waals surface area contributed by atoms with Crippen LogP contribution in [-0.2, 0) is 0 Å². The molecule has 0 bridgehead atoms. The number of aromatic carboxylic acids is 1. The minimum Gasteiger partial charge on any atom is -0.506 e. The Bertz CT molecular complexity index is 556. The molecule has 1 heterocycles. The van der Waals surface area contributed by atoms with Gasteiger partial charge in [0.25, 0.3) is 0 Å². The molecule has 0 spiro atoms. The molecule has 0 amide bonds. The Labute approximate surface area is 88.9 Å². The second-order valence-corrected chi connectivity index (χ2v) is 3.22. The number of benzene rings is 1. The first kappa shape index (κ1) is 9.67. The molecule has 0 saturated carbocycles. The first-order chi connectivity index (χ1) is 7.11. The second-order valence-electron chi connectivity index (χ2n) is 2.84. The van der Waals surface area contributed by atoms with Gasteiger partial charge in [0.05, 0.1) is 5.02 Å². The molecule has 0 aliphatic heterocycles. The Morgan fingerprint density at radius 1 is 1.33 bits per heavy atom. The van der Waals surface area contributed by atoms with Gasteiger partial charge < -0.3 is 10.2 Å². The van der Waals surface area contributed by atoms with E-state index < -0.39 is 5.97 Å². The number of aromatic hydroxyl groups is 1. The predicted molar refractivity (Wildman–Crippen MR) is 53.2 cm³/mol. The zero-order chi connectivity index (χ0) is 11.0. The smallest absolute Gasteiger partial charge is 0.358 e. The van der Waals surface area contributed by atoms with Gasteiger partial charge in [-0.25, -0.2) is 4.79 Å².